The molecule has 2 aromatic rings. The first-order valence-electron chi connectivity index (χ1n) is 5.67. The fourth-order valence-corrected chi connectivity index (χ4v) is 1.66. The minimum atomic E-state index is -0.605. The van der Waals surface area contributed by atoms with E-state index in [1.54, 1.807) is 36.4 Å². The van der Waals surface area contributed by atoms with Crippen molar-refractivity contribution in [2.75, 3.05) is 5.73 Å². The van der Waals surface area contributed by atoms with Crippen molar-refractivity contribution < 1.29 is 14.6 Å². The third-order valence-electron chi connectivity index (χ3n) is 2.61. The molecule has 5 heteroatoms. The Hall–Kier alpha value is -2.53. The Bertz CT molecular complexity index is 611. The molecule has 5 nitrogen and oxygen atoms in total. The summed E-state index contributed by atoms with van der Waals surface area (Å²) in [5.74, 6) is 0.414. The number of amides is 1. The molecule has 19 heavy (non-hydrogen) atoms. The molecule has 0 unspecified atom stereocenters. The van der Waals surface area contributed by atoms with Gasteiger partial charge in [-0.15, -0.1) is 0 Å². The lowest BCUT2D eigenvalue weighted by atomic mass is 10.1. The summed E-state index contributed by atoms with van der Waals surface area (Å²) in [6, 6.07) is 11.7. The highest BCUT2D eigenvalue weighted by atomic mass is 16.5. The zero-order valence-electron chi connectivity index (χ0n) is 10.2. The van der Waals surface area contributed by atoms with Gasteiger partial charge >= 0.3 is 0 Å². The number of rotatable bonds is 4. The van der Waals surface area contributed by atoms with Crippen LogP contribution in [0.2, 0.25) is 0 Å². The van der Waals surface area contributed by atoms with Crippen molar-refractivity contribution in [2.24, 2.45) is 5.73 Å². The number of primary amides is 1. The van der Waals surface area contributed by atoms with Crippen LogP contribution in [0.15, 0.2) is 42.5 Å². The molecule has 2 rings (SSSR count). The molecule has 5 N–H and O–H groups in total. The van der Waals surface area contributed by atoms with Gasteiger partial charge in [-0.2, -0.15) is 0 Å². The fourth-order valence-electron chi connectivity index (χ4n) is 1.66. The van der Waals surface area contributed by atoms with Gasteiger partial charge in [0.15, 0.2) is 0 Å². The lowest BCUT2D eigenvalue weighted by Gasteiger charge is -2.09. The molecule has 0 saturated carbocycles. The number of anilines is 1. The maximum absolute atomic E-state index is 11.2. The van der Waals surface area contributed by atoms with Gasteiger partial charge in [-0.3, -0.25) is 4.79 Å². The average molecular weight is 258 g/mol. The summed E-state index contributed by atoms with van der Waals surface area (Å²) in [6.07, 6.45) is 0. The van der Waals surface area contributed by atoms with Crippen LogP contribution in [0.4, 0.5) is 5.69 Å². The second-order valence-corrected chi connectivity index (χ2v) is 4.02. The minimum Gasteiger partial charge on any atom is -0.457 e. The number of carbonyl (C=O) groups is 1. The molecular weight excluding hydrogens is 244 g/mol. The van der Waals surface area contributed by atoms with Gasteiger partial charge in [0.1, 0.15) is 11.5 Å². The molecule has 0 spiro atoms. The normalized spacial score (nSPS) is 10.2. The molecular formula is C14H14N2O3. The van der Waals surface area contributed by atoms with E-state index in [1.165, 1.54) is 6.07 Å². The first-order chi connectivity index (χ1) is 9.10. The van der Waals surface area contributed by atoms with Crippen molar-refractivity contribution in [1.82, 2.24) is 0 Å². The number of nitrogens with two attached hydrogens (primary N) is 2. The van der Waals surface area contributed by atoms with Gasteiger partial charge in [-0.25, -0.2) is 0 Å². The second kappa shape index (κ2) is 5.41. The zero-order valence-corrected chi connectivity index (χ0v) is 10.2. The Morgan fingerprint density at radius 3 is 2.58 bits per heavy atom. The quantitative estimate of drug-likeness (QED) is 0.726. The van der Waals surface area contributed by atoms with E-state index in [4.69, 9.17) is 21.3 Å². The minimum absolute atomic E-state index is 0.0640. The SMILES string of the molecule is NC(=O)c1cc(Oc2cccc(CO)c2)ccc1N. The summed E-state index contributed by atoms with van der Waals surface area (Å²) >= 11 is 0. The highest BCUT2D eigenvalue weighted by molar-refractivity contribution is 5.98. The summed E-state index contributed by atoms with van der Waals surface area (Å²) in [5, 5.41) is 9.05. The van der Waals surface area contributed by atoms with Crippen LogP contribution in [0.1, 0.15) is 15.9 Å². The maximum atomic E-state index is 11.2. The van der Waals surface area contributed by atoms with Crippen molar-refractivity contribution in [3.63, 3.8) is 0 Å². The van der Waals surface area contributed by atoms with E-state index >= 15 is 0 Å². The van der Waals surface area contributed by atoms with Crippen LogP contribution >= 0.6 is 0 Å². The molecule has 0 aliphatic heterocycles. The highest BCUT2D eigenvalue weighted by Crippen LogP contribution is 2.25. The largest absolute Gasteiger partial charge is 0.457 e. The number of aliphatic hydroxyl groups is 1. The number of nitrogen functional groups attached to an aromatic ring is 1. The van der Waals surface area contributed by atoms with E-state index in [-0.39, 0.29) is 12.2 Å². The number of carbonyl (C=O) groups excluding carboxylic acids is 1. The Morgan fingerprint density at radius 2 is 1.89 bits per heavy atom. The van der Waals surface area contributed by atoms with Gasteiger partial charge in [-0.1, -0.05) is 12.1 Å². The van der Waals surface area contributed by atoms with Gasteiger partial charge < -0.3 is 21.3 Å². The lowest BCUT2D eigenvalue weighted by molar-refractivity contribution is 0.100. The number of benzene rings is 2. The van der Waals surface area contributed by atoms with E-state index in [0.29, 0.717) is 17.2 Å². The molecule has 0 aromatic heterocycles. The molecule has 2 aromatic carbocycles. The van der Waals surface area contributed by atoms with E-state index in [0.717, 1.165) is 5.56 Å². The fraction of sp³-hybridized carbons (Fsp3) is 0.0714. The van der Waals surface area contributed by atoms with E-state index < -0.39 is 5.91 Å². The highest BCUT2D eigenvalue weighted by Gasteiger charge is 2.08. The van der Waals surface area contributed by atoms with Gasteiger partial charge in [0.25, 0.3) is 5.91 Å². The molecule has 1 amide bonds. The average Bonchev–Trinajstić information content (AvgIpc) is 2.41. The van der Waals surface area contributed by atoms with Gasteiger partial charge in [-0.05, 0) is 35.9 Å². The van der Waals surface area contributed by atoms with Crippen molar-refractivity contribution in [3.8, 4) is 11.5 Å². The van der Waals surface area contributed by atoms with Crippen molar-refractivity contribution in [3.05, 3.63) is 53.6 Å². The van der Waals surface area contributed by atoms with E-state index in [2.05, 4.69) is 0 Å². The number of ether oxygens (including phenoxy) is 1. The number of hydrogen-bond acceptors (Lipinski definition) is 4. The van der Waals surface area contributed by atoms with E-state index in [1.807, 2.05) is 0 Å². The van der Waals surface area contributed by atoms with Gasteiger partial charge in [0, 0.05) is 5.69 Å². The lowest BCUT2D eigenvalue weighted by Crippen LogP contribution is -2.13. The van der Waals surface area contributed by atoms with Crippen LogP contribution in [0.25, 0.3) is 0 Å². The molecule has 0 saturated heterocycles. The molecule has 0 heterocycles. The number of aliphatic hydroxyl groups excluding tert-OH is 1. The van der Waals surface area contributed by atoms with Crippen LogP contribution in [0.3, 0.4) is 0 Å². The third-order valence-corrected chi connectivity index (χ3v) is 2.61. The summed E-state index contributed by atoms with van der Waals surface area (Å²) in [7, 11) is 0. The molecule has 0 fully saturated rings. The zero-order chi connectivity index (χ0) is 13.8. The summed E-state index contributed by atoms with van der Waals surface area (Å²) in [5.41, 5.74) is 12.1. The Labute approximate surface area is 110 Å². The van der Waals surface area contributed by atoms with Crippen LogP contribution < -0.4 is 16.2 Å². The molecule has 0 aliphatic carbocycles. The van der Waals surface area contributed by atoms with Gasteiger partial charge in [0.2, 0.25) is 0 Å². The monoisotopic (exact) mass is 258 g/mol. The molecule has 0 atom stereocenters. The van der Waals surface area contributed by atoms with Crippen LogP contribution in [0, 0.1) is 0 Å². The summed E-state index contributed by atoms with van der Waals surface area (Å²) < 4.78 is 5.59. The van der Waals surface area contributed by atoms with Crippen LogP contribution in [-0.4, -0.2) is 11.0 Å². The maximum Gasteiger partial charge on any atom is 0.250 e. The van der Waals surface area contributed by atoms with E-state index in [9.17, 15) is 4.79 Å². The topological polar surface area (TPSA) is 98.6 Å². The first-order valence-corrected chi connectivity index (χ1v) is 5.67. The van der Waals surface area contributed by atoms with Crippen molar-refractivity contribution >= 4 is 11.6 Å². The predicted octanol–water partition coefficient (Wildman–Crippen LogP) is 1.65. The molecule has 0 radical (unpaired) electrons. The summed E-state index contributed by atoms with van der Waals surface area (Å²) in [4.78, 5) is 11.2. The second-order valence-electron chi connectivity index (χ2n) is 4.02. The van der Waals surface area contributed by atoms with Crippen LogP contribution in [0.5, 0.6) is 11.5 Å². The standard InChI is InChI=1S/C14H14N2O3/c15-13-5-4-11(7-12(13)14(16)18)19-10-3-1-2-9(6-10)8-17/h1-7,17H,8,15H2,(H2,16,18). The molecule has 98 valence electrons. The summed E-state index contributed by atoms with van der Waals surface area (Å²) in [6.45, 7) is -0.0640. The van der Waals surface area contributed by atoms with Crippen molar-refractivity contribution in [1.29, 1.82) is 0 Å². The third kappa shape index (κ3) is 3.02. The Balaban J connectivity index is 2.28. The molecule has 0 aliphatic rings. The molecule has 0 bridgehead atoms. The Kier molecular flexibility index (Phi) is 3.68. The van der Waals surface area contributed by atoms with Crippen LogP contribution in [-0.2, 0) is 6.61 Å². The predicted molar refractivity (Wildman–Crippen MR) is 71.8 cm³/mol. The Morgan fingerprint density at radius 1 is 1.16 bits per heavy atom. The van der Waals surface area contributed by atoms with Gasteiger partial charge in [0.05, 0.1) is 12.2 Å². The smallest absolute Gasteiger partial charge is 0.250 e. The first kappa shape index (κ1) is 12.9. The number of hydrogen-bond donors (Lipinski definition) is 3. The van der Waals surface area contributed by atoms with Crippen molar-refractivity contribution in [2.45, 2.75) is 6.61 Å².